The second-order valence-electron chi connectivity index (χ2n) is 2.34. The summed E-state index contributed by atoms with van der Waals surface area (Å²) in [6.07, 6.45) is -0.450. The van der Waals surface area contributed by atoms with Crippen LogP contribution in [0.25, 0.3) is 0 Å². The van der Waals surface area contributed by atoms with Crippen LogP contribution in [0.1, 0.15) is 6.92 Å². The minimum Gasteiger partial charge on any atom is -0.462 e. The van der Waals surface area contributed by atoms with E-state index in [9.17, 15) is 9.59 Å². The Morgan fingerprint density at radius 3 is 3.08 bits per heavy atom. The van der Waals surface area contributed by atoms with Gasteiger partial charge in [0.25, 0.3) is 0 Å². The lowest BCUT2D eigenvalue weighted by Crippen LogP contribution is -2.43. The van der Waals surface area contributed by atoms with Crippen molar-refractivity contribution in [3.63, 3.8) is 0 Å². The molecule has 1 aliphatic heterocycles. The molecule has 1 rings (SSSR count). The summed E-state index contributed by atoms with van der Waals surface area (Å²) in [6, 6.07) is 0. The molecule has 0 radical (unpaired) electrons. The van der Waals surface area contributed by atoms with Crippen molar-refractivity contribution >= 4 is 12.1 Å². The highest BCUT2D eigenvalue weighted by Gasteiger charge is 2.22. The molecule has 0 aromatic rings. The first-order valence-electron chi connectivity index (χ1n) is 3.81. The van der Waals surface area contributed by atoms with Gasteiger partial charge in [0.05, 0.1) is 13.2 Å². The fraction of sp³-hybridized carbons (Fsp3) is 0.714. The molecule has 0 bridgehead atoms. The van der Waals surface area contributed by atoms with Crippen molar-refractivity contribution in [2.45, 2.75) is 6.92 Å². The molecule has 5 heteroatoms. The topological polar surface area (TPSA) is 55.8 Å². The second kappa shape index (κ2) is 3.94. The Morgan fingerprint density at radius 1 is 1.75 bits per heavy atom. The summed E-state index contributed by atoms with van der Waals surface area (Å²) in [7, 11) is 0. The fourth-order valence-corrected chi connectivity index (χ4v) is 0.921. The maximum absolute atomic E-state index is 11.0. The molecule has 1 saturated heterocycles. The molecule has 0 spiro atoms. The van der Waals surface area contributed by atoms with Crippen LogP contribution in [-0.2, 0) is 14.3 Å². The van der Waals surface area contributed by atoms with Crippen LogP contribution in [0.3, 0.4) is 0 Å². The number of amides is 1. The first kappa shape index (κ1) is 8.83. The van der Waals surface area contributed by atoms with E-state index in [1.807, 2.05) is 0 Å². The van der Waals surface area contributed by atoms with Crippen molar-refractivity contribution in [2.24, 2.45) is 0 Å². The standard InChI is InChI=1S/C7H11NO4/c1-2-11-7(10)8-3-4-12-6(9)5-8/h2-5H2,1H3. The van der Waals surface area contributed by atoms with Crippen molar-refractivity contribution in [2.75, 3.05) is 26.3 Å². The Morgan fingerprint density at radius 2 is 2.50 bits per heavy atom. The number of nitrogens with zero attached hydrogens (tertiary/aromatic N) is 1. The van der Waals surface area contributed by atoms with E-state index < -0.39 is 6.09 Å². The third-order valence-electron chi connectivity index (χ3n) is 1.47. The van der Waals surface area contributed by atoms with E-state index in [1.165, 1.54) is 4.90 Å². The molecule has 1 aliphatic rings. The predicted molar refractivity (Wildman–Crippen MR) is 39.6 cm³/mol. The lowest BCUT2D eigenvalue weighted by Gasteiger charge is -2.24. The van der Waals surface area contributed by atoms with Crippen LogP contribution in [0.4, 0.5) is 4.79 Å². The summed E-state index contributed by atoms with van der Waals surface area (Å²) in [6.45, 7) is 2.73. The molecule has 0 N–H and O–H groups in total. The minimum absolute atomic E-state index is 0.00116. The quantitative estimate of drug-likeness (QED) is 0.524. The average molecular weight is 173 g/mol. The number of carbonyl (C=O) groups is 2. The maximum Gasteiger partial charge on any atom is 0.410 e. The highest BCUT2D eigenvalue weighted by atomic mass is 16.6. The van der Waals surface area contributed by atoms with Crippen LogP contribution >= 0.6 is 0 Å². The molecular formula is C7H11NO4. The van der Waals surface area contributed by atoms with Gasteiger partial charge >= 0.3 is 12.1 Å². The zero-order chi connectivity index (χ0) is 8.97. The summed E-state index contributed by atoms with van der Waals surface area (Å²) in [5.41, 5.74) is 0. The van der Waals surface area contributed by atoms with Gasteiger partial charge < -0.3 is 9.47 Å². The fourth-order valence-electron chi connectivity index (χ4n) is 0.921. The zero-order valence-corrected chi connectivity index (χ0v) is 6.91. The number of hydrogen-bond donors (Lipinski definition) is 0. The van der Waals surface area contributed by atoms with Gasteiger partial charge in [0.2, 0.25) is 0 Å². The molecule has 1 heterocycles. The van der Waals surface area contributed by atoms with Crippen LogP contribution in [0.15, 0.2) is 0 Å². The number of rotatable bonds is 1. The van der Waals surface area contributed by atoms with E-state index in [0.29, 0.717) is 13.2 Å². The Hall–Kier alpha value is -1.26. The van der Waals surface area contributed by atoms with Gasteiger partial charge in [-0.15, -0.1) is 0 Å². The van der Waals surface area contributed by atoms with Gasteiger partial charge in [0, 0.05) is 0 Å². The molecule has 1 fully saturated rings. The number of morpholine rings is 1. The molecule has 68 valence electrons. The normalized spacial score (nSPS) is 17.1. The van der Waals surface area contributed by atoms with E-state index in [2.05, 4.69) is 4.74 Å². The van der Waals surface area contributed by atoms with Crippen molar-refractivity contribution in [3.8, 4) is 0 Å². The van der Waals surface area contributed by atoms with Gasteiger partial charge in [-0.3, -0.25) is 9.69 Å². The van der Waals surface area contributed by atoms with Gasteiger partial charge in [-0.2, -0.15) is 0 Å². The number of ether oxygens (including phenoxy) is 2. The predicted octanol–water partition coefficient (Wildman–Crippen LogP) is 0.00170. The maximum atomic E-state index is 11.0. The molecule has 5 nitrogen and oxygen atoms in total. The second-order valence-corrected chi connectivity index (χ2v) is 2.34. The summed E-state index contributed by atoms with van der Waals surface area (Å²) in [4.78, 5) is 23.1. The number of hydrogen-bond acceptors (Lipinski definition) is 4. The number of carbonyl (C=O) groups excluding carboxylic acids is 2. The SMILES string of the molecule is CCOC(=O)N1CCOC(=O)C1. The van der Waals surface area contributed by atoms with Gasteiger partial charge in [0.15, 0.2) is 0 Å². The first-order valence-corrected chi connectivity index (χ1v) is 3.81. The van der Waals surface area contributed by atoms with E-state index in [-0.39, 0.29) is 19.1 Å². The van der Waals surface area contributed by atoms with Crippen molar-refractivity contribution in [3.05, 3.63) is 0 Å². The molecule has 0 unspecified atom stereocenters. The smallest absolute Gasteiger partial charge is 0.410 e. The van der Waals surface area contributed by atoms with Gasteiger partial charge in [-0.25, -0.2) is 4.79 Å². The summed E-state index contributed by atoms with van der Waals surface area (Å²) >= 11 is 0. The van der Waals surface area contributed by atoms with Crippen LogP contribution < -0.4 is 0 Å². The molecule has 0 aliphatic carbocycles. The molecule has 1 amide bonds. The molecule has 12 heavy (non-hydrogen) atoms. The van der Waals surface area contributed by atoms with E-state index in [0.717, 1.165) is 0 Å². The van der Waals surface area contributed by atoms with Crippen molar-refractivity contribution in [1.82, 2.24) is 4.90 Å². The average Bonchev–Trinajstić information content (AvgIpc) is 2.05. The minimum atomic E-state index is -0.450. The molecule has 0 aromatic heterocycles. The molecule has 0 aromatic carbocycles. The Balaban J connectivity index is 2.40. The molecule has 0 atom stereocenters. The van der Waals surface area contributed by atoms with Crippen LogP contribution in [-0.4, -0.2) is 43.3 Å². The van der Waals surface area contributed by atoms with Crippen molar-refractivity contribution in [1.29, 1.82) is 0 Å². The highest BCUT2D eigenvalue weighted by molar-refractivity contribution is 5.78. The number of esters is 1. The third-order valence-corrected chi connectivity index (χ3v) is 1.47. The van der Waals surface area contributed by atoms with Crippen LogP contribution in [0.2, 0.25) is 0 Å². The lowest BCUT2D eigenvalue weighted by molar-refractivity contribution is -0.149. The summed E-state index contributed by atoms with van der Waals surface area (Å²) in [5.74, 6) is -0.380. The summed E-state index contributed by atoms with van der Waals surface area (Å²) in [5, 5.41) is 0. The van der Waals surface area contributed by atoms with Gasteiger partial charge in [-0.1, -0.05) is 0 Å². The monoisotopic (exact) mass is 173 g/mol. The Bertz CT molecular complexity index is 192. The van der Waals surface area contributed by atoms with Crippen molar-refractivity contribution < 1.29 is 19.1 Å². The van der Waals surface area contributed by atoms with Gasteiger partial charge in [0.1, 0.15) is 13.2 Å². The summed E-state index contributed by atoms with van der Waals surface area (Å²) < 4.78 is 9.36. The van der Waals surface area contributed by atoms with E-state index >= 15 is 0 Å². The Labute approximate surface area is 70.2 Å². The Kier molecular flexibility index (Phi) is 2.90. The van der Waals surface area contributed by atoms with Crippen LogP contribution in [0.5, 0.6) is 0 Å². The molecule has 0 saturated carbocycles. The number of cyclic esters (lactones) is 1. The molecular weight excluding hydrogens is 162 g/mol. The largest absolute Gasteiger partial charge is 0.462 e. The highest BCUT2D eigenvalue weighted by Crippen LogP contribution is 2.00. The van der Waals surface area contributed by atoms with Crippen LogP contribution in [0, 0.1) is 0 Å². The first-order chi connectivity index (χ1) is 5.74. The zero-order valence-electron chi connectivity index (χ0n) is 6.91. The van der Waals surface area contributed by atoms with E-state index in [1.54, 1.807) is 6.92 Å². The third kappa shape index (κ3) is 2.11. The lowest BCUT2D eigenvalue weighted by atomic mass is 10.4. The van der Waals surface area contributed by atoms with E-state index in [4.69, 9.17) is 4.74 Å². The van der Waals surface area contributed by atoms with Gasteiger partial charge in [-0.05, 0) is 6.92 Å².